The molecule has 0 aliphatic heterocycles. The van der Waals surface area contributed by atoms with Crippen LogP contribution in [0.4, 0.5) is 0 Å². The quantitative estimate of drug-likeness (QED) is 0.0261. The molecule has 0 rings (SSSR count). The van der Waals surface area contributed by atoms with E-state index >= 15 is 0 Å². The molecule has 0 fully saturated rings. The third-order valence-corrected chi connectivity index (χ3v) is 15.3. The number of esters is 3. The fourth-order valence-corrected chi connectivity index (χ4v) is 10.2. The molecule has 0 spiro atoms. The van der Waals surface area contributed by atoms with Gasteiger partial charge in [0.1, 0.15) is 13.2 Å². The summed E-state index contributed by atoms with van der Waals surface area (Å²) in [6.07, 6.45) is 82.9. The molecule has 1 atom stereocenters. The first-order valence-corrected chi connectivity index (χ1v) is 34.1. The van der Waals surface area contributed by atoms with Crippen molar-refractivity contribution in [3.8, 4) is 0 Å². The van der Waals surface area contributed by atoms with Crippen LogP contribution in [0.3, 0.4) is 0 Å². The molecule has 0 aliphatic carbocycles. The molecule has 0 aromatic carbocycles. The van der Waals surface area contributed by atoms with Crippen LogP contribution in [0, 0.1) is 0 Å². The van der Waals surface area contributed by atoms with Crippen LogP contribution in [0.5, 0.6) is 0 Å². The van der Waals surface area contributed by atoms with Gasteiger partial charge in [-0.05, 0) is 77.0 Å². The highest BCUT2D eigenvalue weighted by molar-refractivity contribution is 5.71. The minimum absolute atomic E-state index is 0.0728. The minimum atomic E-state index is -0.775. The Balaban J connectivity index is 4.17. The van der Waals surface area contributed by atoms with Crippen LogP contribution < -0.4 is 0 Å². The van der Waals surface area contributed by atoms with Gasteiger partial charge in [0.15, 0.2) is 6.10 Å². The Bertz CT molecular complexity index is 1330. The van der Waals surface area contributed by atoms with Crippen LogP contribution >= 0.6 is 0 Å². The van der Waals surface area contributed by atoms with Crippen molar-refractivity contribution < 1.29 is 28.6 Å². The van der Waals surface area contributed by atoms with Crippen molar-refractivity contribution in [3.05, 3.63) is 48.6 Å². The minimum Gasteiger partial charge on any atom is -0.462 e. The predicted molar refractivity (Wildman–Crippen MR) is 335 cm³/mol. The zero-order valence-corrected chi connectivity index (χ0v) is 51.7. The van der Waals surface area contributed by atoms with Crippen molar-refractivity contribution in [1.29, 1.82) is 0 Å². The predicted octanol–water partition coefficient (Wildman–Crippen LogP) is 23.3. The third-order valence-electron chi connectivity index (χ3n) is 15.3. The Morgan fingerprint density at radius 1 is 0.260 bits per heavy atom. The van der Waals surface area contributed by atoms with Gasteiger partial charge in [0.25, 0.3) is 0 Å². The van der Waals surface area contributed by atoms with Crippen molar-refractivity contribution >= 4 is 17.9 Å². The second kappa shape index (κ2) is 65.9. The molecule has 0 amide bonds. The normalized spacial score (nSPS) is 12.3. The summed E-state index contributed by atoms with van der Waals surface area (Å²) in [4.78, 5) is 38.3. The summed E-state index contributed by atoms with van der Waals surface area (Å²) in [6, 6.07) is 0. The van der Waals surface area contributed by atoms with Crippen molar-refractivity contribution in [2.24, 2.45) is 0 Å². The van der Waals surface area contributed by atoms with Gasteiger partial charge in [-0.3, -0.25) is 14.4 Å². The van der Waals surface area contributed by atoms with E-state index in [4.69, 9.17) is 14.2 Å². The molecule has 0 aliphatic rings. The van der Waals surface area contributed by atoms with Crippen LogP contribution in [0.1, 0.15) is 367 Å². The molecule has 6 heteroatoms. The van der Waals surface area contributed by atoms with Gasteiger partial charge in [-0.15, -0.1) is 0 Å². The summed E-state index contributed by atoms with van der Waals surface area (Å²) >= 11 is 0. The summed E-state index contributed by atoms with van der Waals surface area (Å²) in [5.74, 6) is -0.863. The second-order valence-electron chi connectivity index (χ2n) is 23.1. The van der Waals surface area contributed by atoms with Crippen molar-refractivity contribution in [2.45, 2.75) is 374 Å². The highest BCUT2D eigenvalue weighted by Crippen LogP contribution is 2.18. The number of carbonyl (C=O) groups excluding carboxylic acids is 3. The molecule has 6 nitrogen and oxygen atoms in total. The summed E-state index contributed by atoms with van der Waals surface area (Å²) < 4.78 is 16.9. The number of unbranched alkanes of at least 4 members (excludes halogenated alkanes) is 44. The van der Waals surface area contributed by atoms with Crippen molar-refractivity contribution in [1.82, 2.24) is 0 Å². The maximum atomic E-state index is 12.9. The van der Waals surface area contributed by atoms with E-state index in [-0.39, 0.29) is 31.1 Å². The number of hydrogen-bond donors (Lipinski definition) is 0. The molecule has 0 saturated carbocycles. The Labute approximate surface area is 479 Å². The van der Waals surface area contributed by atoms with Gasteiger partial charge in [-0.2, -0.15) is 0 Å². The zero-order valence-electron chi connectivity index (χ0n) is 51.7. The standard InChI is InChI=1S/C71H130O6/c1-4-7-10-13-16-19-22-24-26-28-30-32-34-35-36-37-38-40-41-43-45-47-49-52-55-58-61-64-70(73)76-67-68(66-75-69(72)63-60-57-54-51-21-18-15-12-9-6-3)77-71(74)65-62-59-56-53-50-48-46-44-42-39-33-31-29-27-25-23-20-17-14-11-8-5-2/h12,15,22,24,28,30,34-35,68H,4-11,13-14,16-21,23,25-27,29,31-33,36-67H2,1-3H3/b15-12-,24-22-,30-28-,35-34-. The summed E-state index contributed by atoms with van der Waals surface area (Å²) in [7, 11) is 0. The van der Waals surface area contributed by atoms with Gasteiger partial charge in [0.2, 0.25) is 0 Å². The Morgan fingerprint density at radius 3 is 0.792 bits per heavy atom. The van der Waals surface area contributed by atoms with Crippen LogP contribution in [-0.2, 0) is 28.6 Å². The first-order valence-electron chi connectivity index (χ1n) is 34.1. The molecule has 0 bridgehead atoms. The summed E-state index contributed by atoms with van der Waals surface area (Å²) in [6.45, 7) is 6.62. The Hall–Kier alpha value is -2.63. The van der Waals surface area contributed by atoms with Crippen LogP contribution in [0.25, 0.3) is 0 Å². The average Bonchev–Trinajstić information content (AvgIpc) is 3.43. The van der Waals surface area contributed by atoms with E-state index < -0.39 is 6.10 Å². The zero-order chi connectivity index (χ0) is 55.7. The molecule has 0 aromatic heterocycles. The van der Waals surface area contributed by atoms with Gasteiger partial charge < -0.3 is 14.2 Å². The highest BCUT2D eigenvalue weighted by Gasteiger charge is 2.19. The third kappa shape index (κ3) is 64.1. The SMILES string of the molecule is CCC/C=C\CCCCCCCC(=O)OCC(COC(=O)CCCCCCCCCCCCCC/C=C\C/C=C\C/C=C\CCCCCCC)OC(=O)CCCCCCCCCCCCCCCCCCCCCCCC. The molecule has 0 N–H and O–H groups in total. The fraction of sp³-hybridized carbons (Fsp3) is 0.845. The second-order valence-corrected chi connectivity index (χ2v) is 23.1. The van der Waals surface area contributed by atoms with E-state index in [1.54, 1.807) is 0 Å². The summed E-state index contributed by atoms with van der Waals surface area (Å²) in [5.41, 5.74) is 0. The van der Waals surface area contributed by atoms with E-state index in [1.807, 2.05) is 0 Å². The largest absolute Gasteiger partial charge is 0.462 e. The van der Waals surface area contributed by atoms with Gasteiger partial charge >= 0.3 is 17.9 Å². The number of rotatable bonds is 63. The number of allylic oxidation sites excluding steroid dienone is 8. The smallest absolute Gasteiger partial charge is 0.306 e. The van der Waals surface area contributed by atoms with Crippen LogP contribution in [-0.4, -0.2) is 37.2 Å². The van der Waals surface area contributed by atoms with Crippen molar-refractivity contribution in [2.75, 3.05) is 13.2 Å². The van der Waals surface area contributed by atoms with E-state index in [0.29, 0.717) is 19.3 Å². The molecule has 77 heavy (non-hydrogen) atoms. The molecule has 0 aromatic rings. The Kier molecular flexibility index (Phi) is 63.6. The molecule has 0 saturated heterocycles. The highest BCUT2D eigenvalue weighted by atomic mass is 16.6. The van der Waals surface area contributed by atoms with Crippen molar-refractivity contribution in [3.63, 3.8) is 0 Å². The maximum Gasteiger partial charge on any atom is 0.306 e. The lowest BCUT2D eigenvalue weighted by molar-refractivity contribution is -0.167. The van der Waals surface area contributed by atoms with E-state index in [0.717, 1.165) is 83.5 Å². The van der Waals surface area contributed by atoms with E-state index in [9.17, 15) is 14.4 Å². The van der Waals surface area contributed by atoms with Gasteiger partial charge in [-0.1, -0.05) is 320 Å². The lowest BCUT2D eigenvalue weighted by Gasteiger charge is -2.18. The molecular weight excluding hydrogens is 949 g/mol. The number of carbonyl (C=O) groups is 3. The molecular formula is C71H130O6. The van der Waals surface area contributed by atoms with Crippen LogP contribution in [0.2, 0.25) is 0 Å². The fourth-order valence-electron chi connectivity index (χ4n) is 10.2. The van der Waals surface area contributed by atoms with E-state index in [1.165, 1.54) is 244 Å². The van der Waals surface area contributed by atoms with Gasteiger partial charge in [0.05, 0.1) is 0 Å². The number of ether oxygens (including phenoxy) is 3. The molecule has 1 unspecified atom stereocenters. The molecule has 0 radical (unpaired) electrons. The lowest BCUT2D eigenvalue weighted by atomic mass is 10.0. The average molecular weight is 1080 g/mol. The van der Waals surface area contributed by atoms with Gasteiger partial charge in [0, 0.05) is 19.3 Å². The molecule has 0 heterocycles. The maximum absolute atomic E-state index is 12.9. The molecule has 450 valence electrons. The first-order chi connectivity index (χ1) is 38.0. The summed E-state index contributed by atoms with van der Waals surface area (Å²) in [5, 5.41) is 0. The van der Waals surface area contributed by atoms with Gasteiger partial charge in [-0.25, -0.2) is 0 Å². The first kappa shape index (κ1) is 74.4. The Morgan fingerprint density at radius 2 is 0.494 bits per heavy atom. The topological polar surface area (TPSA) is 78.9 Å². The number of hydrogen-bond acceptors (Lipinski definition) is 6. The van der Waals surface area contributed by atoms with E-state index in [2.05, 4.69) is 69.4 Å². The lowest BCUT2D eigenvalue weighted by Crippen LogP contribution is -2.30. The monoisotopic (exact) mass is 1080 g/mol. The van der Waals surface area contributed by atoms with Crippen LogP contribution in [0.15, 0.2) is 48.6 Å².